The van der Waals surface area contributed by atoms with Gasteiger partial charge >= 0.3 is 0 Å². The van der Waals surface area contributed by atoms with Crippen LogP contribution >= 0.6 is 35.3 Å². The number of piperidine rings is 1. The number of nitrogens with zero attached hydrogens (tertiary/aromatic N) is 3. The molecule has 3 heterocycles. The Morgan fingerprint density at radius 3 is 2.50 bits per heavy atom. The fraction of sp³-hybridized carbons (Fsp3) is 0.542. The van der Waals surface area contributed by atoms with E-state index in [4.69, 9.17) is 9.73 Å². The van der Waals surface area contributed by atoms with Gasteiger partial charge in [0.25, 0.3) is 0 Å². The normalized spacial score (nSPS) is 19.3. The lowest BCUT2D eigenvalue weighted by atomic mass is 10.0. The number of anilines is 1. The second-order valence-corrected chi connectivity index (χ2v) is 9.08. The van der Waals surface area contributed by atoms with Gasteiger partial charge in [0, 0.05) is 38.8 Å². The molecule has 32 heavy (non-hydrogen) atoms. The number of guanidine groups is 1. The van der Waals surface area contributed by atoms with Crippen LogP contribution in [-0.2, 0) is 4.74 Å². The van der Waals surface area contributed by atoms with Crippen LogP contribution in [0.1, 0.15) is 31.4 Å². The molecule has 2 aliphatic heterocycles. The van der Waals surface area contributed by atoms with Crippen molar-refractivity contribution < 1.29 is 4.74 Å². The number of hydrogen-bond acceptors (Lipinski definition) is 5. The van der Waals surface area contributed by atoms with E-state index in [0.29, 0.717) is 6.04 Å². The predicted octanol–water partition coefficient (Wildman–Crippen LogP) is 3.96. The number of hydrogen-bond donors (Lipinski definition) is 2. The van der Waals surface area contributed by atoms with Crippen molar-refractivity contribution in [2.75, 3.05) is 57.4 Å². The minimum atomic E-state index is 0. The van der Waals surface area contributed by atoms with E-state index < -0.39 is 0 Å². The molecule has 0 bridgehead atoms. The zero-order valence-electron chi connectivity index (χ0n) is 18.9. The molecule has 2 aliphatic rings. The molecule has 1 unspecified atom stereocenters. The molecule has 8 heteroatoms. The highest BCUT2D eigenvalue weighted by molar-refractivity contribution is 14.0. The van der Waals surface area contributed by atoms with Gasteiger partial charge < -0.3 is 20.3 Å². The molecule has 0 spiro atoms. The fourth-order valence-electron chi connectivity index (χ4n) is 4.38. The number of ether oxygens (including phenoxy) is 1. The number of morpholine rings is 1. The van der Waals surface area contributed by atoms with Crippen molar-refractivity contribution in [1.29, 1.82) is 0 Å². The Morgan fingerprint density at radius 1 is 1.09 bits per heavy atom. The molecule has 2 aromatic rings. The van der Waals surface area contributed by atoms with E-state index in [9.17, 15) is 0 Å². The highest BCUT2D eigenvalue weighted by Gasteiger charge is 2.24. The van der Waals surface area contributed by atoms with Crippen LogP contribution < -0.4 is 15.5 Å². The molecular formula is C24H36IN5OS. The number of halogens is 1. The van der Waals surface area contributed by atoms with Crippen LogP contribution in [0.5, 0.6) is 0 Å². The maximum atomic E-state index is 5.58. The van der Waals surface area contributed by atoms with Crippen molar-refractivity contribution >= 4 is 46.3 Å². The van der Waals surface area contributed by atoms with Gasteiger partial charge in [-0.3, -0.25) is 9.89 Å². The summed E-state index contributed by atoms with van der Waals surface area (Å²) in [5.74, 6) is 0.936. The molecule has 0 amide bonds. The highest BCUT2D eigenvalue weighted by Crippen LogP contribution is 2.25. The van der Waals surface area contributed by atoms with Crippen LogP contribution in [0.4, 0.5) is 5.00 Å². The number of benzene rings is 1. The second-order valence-electron chi connectivity index (χ2n) is 8.15. The van der Waals surface area contributed by atoms with Gasteiger partial charge in [0.2, 0.25) is 0 Å². The number of thiophene rings is 1. The molecule has 0 saturated carbocycles. The Morgan fingerprint density at radius 2 is 1.84 bits per heavy atom. The first-order valence-corrected chi connectivity index (χ1v) is 12.4. The lowest BCUT2D eigenvalue weighted by Crippen LogP contribution is -2.49. The molecular weight excluding hydrogens is 533 g/mol. The number of rotatable bonds is 7. The first kappa shape index (κ1) is 25.3. The van der Waals surface area contributed by atoms with Gasteiger partial charge in [0.1, 0.15) is 0 Å². The van der Waals surface area contributed by atoms with Crippen LogP contribution in [0.15, 0.2) is 52.8 Å². The van der Waals surface area contributed by atoms with E-state index in [1.165, 1.54) is 10.6 Å². The average molecular weight is 570 g/mol. The summed E-state index contributed by atoms with van der Waals surface area (Å²) in [6.45, 7) is 9.45. The van der Waals surface area contributed by atoms with E-state index in [-0.39, 0.29) is 30.0 Å². The Balaban J connectivity index is 0.00000289. The maximum Gasteiger partial charge on any atom is 0.191 e. The first-order chi connectivity index (χ1) is 15.3. The summed E-state index contributed by atoms with van der Waals surface area (Å²) in [6, 6.07) is 15.9. The van der Waals surface area contributed by atoms with Gasteiger partial charge in [0.15, 0.2) is 5.96 Å². The summed E-state index contributed by atoms with van der Waals surface area (Å²) in [4.78, 5) is 10.0. The minimum absolute atomic E-state index is 0. The fourth-order valence-corrected chi connectivity index (χ4v) is 5.17. The molecule has 2 N–H and O–H groups in total. The SMILES string of the molecule is CCNC(=NCC(c1ccccc1)N1CCOCC1)NC1CCN(c2cccs2)CC1.I. The van der Waals surface area contributed by atoms with Crippen molar-refractivity contribution in [3.8, 4) is 0 Å². The van der Waals surface area contributed by atoms with Crippen molar-refractivity contribution in [3.05, 3.63) is 53.4 Å². The molecule has 1 atom stereocenters. The molecule has 0 radical (unpaired) electrons. The summed E-state index contributed by atoms with van der Waals surface area (Å²) in [6.07, 6.45) is 2.27. The zero-order chi connectivity index (χ0) is 21.3. The molecule has 176 valence electrons. The molecule has 0 aliphatic carbocycles. The Kier molecular flexibility index (Phi) is 10.6. The maximum absolute atomic E-state index is 5.58. The summed E-state index contributed by atoms with van der Waals surface area (Å²) in [5.41, 5.74) is 1.33. The minimum Gasteiger partial charge on any atom is -0.379 e. The van der Waals surface area contributed by atoms with E-state index in [1.54, 1.807) is 0 Å². The van der Waals surface area contributed by atoms with Crippen molar-refractivity contribution in [2.45, 2.75) is 31.8 Å². The molecule has 4 rings (SSSR count). The van der Waals surface area contributed by atoms with Gasteiger partial charge in [-0.15, -0.1) is 35.3 Å². The van der Waals surface area contributed by atoms with E-state index in [1.807, 2.05) is 11.3 Å². The van der Waals surface area contributed by atoms with Crippen LogP contribution in [0.2, 0.25) is 0 Å². The number of aliphatic imine (C=N–C) groups is 1. The van der Waals surface area contributed by atoms with Crippen LogP contribution in [-0.4, -0.2) is 69.4 Å². The smallest absolute Gasteiger partial charge is 0.191 e. The van der Waals surface area contributed by atoms with Gasteiger partial charge in [0.05, 0.1) is 30.8 Å². The van der Waals surface area contributed by atoms with Gasteiger partial charge in [-0.25, -0.2) is 0 Å². The van der Waals surface area contributed by atoms with Crippen LogP contribution in [0.25, 0.3) is 0 Å². The highest BCUT2D eigenvalue weighted by atomic mass is 127. The Labute approximate surface area is 213 Å². The van der Waals surface area contributed by atoms with E-state index in [2.05, 4.69) is 75.2 Å². The molecule has 1 aromatic heterocycles. The summed E-state index contributed by atoms with van der Waals surface area (Å²) in [5, 5.41) is 10.7. The van der Waals surface area contributed by atoms with Crippen molar-refractivity contribution in [2.24, 2.45) is 4.99 Å². The van der Waals surface area contributed by atoms with E-state index in [0.717, 1.165) is 71.3 Å². The van der Waals surface area contributed by atoms with E-state index >= 15 is 0 Å². The number of nitrogens with one attached hydrogen (secondary N) is 2. The molecule has 2 saturated heterocycles. The standard InChI is InChI=1S/C24H35N5OS.HI/c1-2-25-24(27-21-10-12-29(13-11-21)23-9-6-18-31-23)26-19-22(20-7-4-3-5-8-20)28-14-16-30-17-15-28;/h3-9,18,21-22H,2,10-17,19H2,1H3,(H2,25,26,27);1H. The molecule has 1 aromatic carbocycles. The predicted molar refractivity (Wildman–Crippen MR) is 146 cm³/mol. The topological polar surface area (TPSA) is 52.1 Å². The molecule has 2 fully saturated rings. The third-order valence-electron chi connectivity index (χ3n) is 6.09. The summed E-state index contributed by atoms with van der Waals surface area (Å²) in [7, 11) is 0. The molecule has 6 nitrogen and oxygen atoms in total. The van der Waals surface area contributed by atoms with Crippen LogP contribution in [0, 0.1) is 0 Å². The lowest BCUT2D eigenvalue weighted by Gasteiger charge is -2.35. The average Bonchev–Trinajstić information content (AvgIpc) is 3.36. The van der Waals surface area contributed by atoms with Gasteiger partial charge in [-0.1, -0.05) is 30.3 Å². The van der Waals surface area contributed by atoms with Crippen molar-refractivity contribution in [3.63, 3.8) is 0 Å². The Hall–Kier alpha value is -1.36. The van der Waals surface area contributed by atoms with Crippen LogP contribution in [0.3, 0.4) is 0 Å². The quantitative estimate of drug-likeness (QED) is 0.301. The lowest BCUT2D eigenvalue weighted by molar-refractivity contribution is 0.0179. The second kappa shape index (κ2) is 13.4. The Bertz CT molecular complexity index is 790. The van der Waals surface area contributed by atoms with Gasteiger partial charge in [-0.2, -0.15) is 0 Å². The first-order valence-electron chi connectivity index (χ1n) is 11.5. The third-order valence-corrected chi connectivity index (χ3v) is 7.02. The third kappa shape index (κ3) is 7.07. The largest absolute Gasteiger partial charge is 0.379 e. The summed E-state index contributed by atoms with van der Waals surface area (Å²) < 4.78 is 5.58. The van der Waals surface area contributed by atoms with Gasteiger partial charge in [-0.05, 0) is 42.8 Å². The monoisotopic (exact) mass is 569 g/mol. The zero-order valence-corrected chi connectivity index (χ0v) is 22.1. The summed E-state index contributed by atoms with van der Waals surface area (Å²) >= 11 is 1.83. The van der Waals surface area contributed by atoms with Crippen molar-refractivity contribution in [1.82, 2.24) is 15.5 Å².